The highest BCUT2D eigenvalue weighted by molar-refractivity contribution is 5.71. The predicted octanol–water partition coefficient (Wildman–Crippen LogP) is 19.3. The Morgan fingerprint density at radius 1 is 0.304 bits per heavy atom. The molecule has 0 aromatic carbocycles. The number of ether oxygens (including phenoxy) is 3. The summed E-state index contributed by atoms with van der Waals surface area (Å²) in [6, 6.07) is 0. The first-order valence-electron chi connectivity index (χ1n) is 28.7. The van der Waals surface area contributed by atoms with Crippen molar-refractivity contribution >= 4 is 17.9 Å². The summed E-state index contributed by atoms with van der Waals surface area (Å²) in [4.78, 5) is 38.2. The number of esters is 3. The number of unbranched alkanes of at least 4 members (excludes halogenated alkanes) is 24. The van der Waals surface area contributed by atoms with Crippen LogP contribution in [0.3, 0.4) is 0 Å². The molecule has 0 N–H and O–H groups in total. The van der Waals surface area contributed by atoms with Crippen LogP contribution in [-0.4, -0.2) is 37.2 Å². The van der Waals surface area contributed by atoms with E-state index in [1.54, 1.807) is 0 Å². The van der Waals surface area contributed by atoms with Crippen molar-refractivity contribution in [2.24, 2.45) is 0 Å². The van der Waals surface area contributed by atoms with Gasteiger partial charge in [-0.05, 0) is 122 Å². The van der Waals surface area contributed by atoms with Gasteiger partial charge in [-0.3, -0.25) is 14.4 Å². The third kappa shape index (κ3) is 55.1. The summed E-state index contributed by atoms with van der Waals surface area (Å²) in [7, 11) is 0. The standard InChI is InChI=1S/C63H106O6/c1-4-7-10-13-16-19-22-25-28-30-31-33-35-38-41-44-47-50-53-56-62(65)68-59-60(58-67-61(64)55-52-49-46-43-40-37-34-27-24-21-18-15-12-9-6-3)69-63(66)57-54-51-48-45-42-39-36-32-29-26-23-20-17-14-11-8-5-2/h9,12,16-21,25-29,31,33-34,60H,4-8,10-11,13-15,22-24,30,32,35-59H2,1-3H3/b12-9-,19-16-,20-17-,21-18-,28-25-,29-26-,33-31-,34-27-. The van der Waals surface area contributed by atoms with Gasteiger partial charge in [-0.2, -0.15) is 0 Å². The molecule has 0 spiro atoms. The van der Waals surface area contributed by atoms with Crippen LogP contribution in [0.15, 0.2) is 97.2 Å². The lowest BCUT2D eigenvalue weighted by atomic mass is 10.1. The van der Waals surface area contributed by atoms with E-state index in [4.69, 9.17) is 14.2 Å². The van der Waals surface area contributed by atoms with Gasteiger partial charge < -0.3 is 14.2 Å². The molecular weight excluding hydrogens is 853 g/mol. The monoisotopic (exact) mass is 959 g/mol. The van der Waals surface area contributed by atoms with Gasteiger partial charge in [0.15, 0.2) is 6.10 Å². The summed E-state index contributed by atoms with van der Waals surface area (Å²) in [5, 5.41) is 0. The van der Waals surface area contributed by atoms with Crippen LogP contribution >= 0.6 is 0 Å². The summed E-state index contributed by atoms with van der Waals surface area (Å²) < 4.78 is 16.8. The molecule has 0 rings (SSSR count). The minimum Gasteiger partial charge on any atom is -0.462 e. The molecule has 0 amide bonds. The average Bonchev–Trinajstić information content (AvgIpc) is 3.35. The zero-order valence-electron chi connectivity index (χ0n) is 45.0. The van der Waals surface area contributed by atoms with Crippen LogP contribution in [0.4, 0.5) is 0 Å². The molecule has 6 heteroatoms. The van der Waals surface area contributed by atoms with Crippen molar-refractivity contribution in [1.29, 1.82) is 0 Å². The Hall–Kier alpha value is -3.67. The number of allylic oxidation sites excluding steroid dienone is 16. The average molecular weight is 960 g/mol. The second-order valence-electron chi connectivity index (χ2n) is 18.8. The van der Waals surface area contributed by atoms with Gasteiger partial charge in [-0.1, -0.05) is 221 Å². The Labute approximate surface area is 426 Å². The number of rotatable bonds is 51. The summed E-state index contributed by atoms with van der Waals surface area (Å²) >= 11 is 0. The maximum Gasteiger partial charge on any atom is 0.306 e. The predicted molar refractivity (Wildman–Crippen MR) is 297 cm³/mol. The molecule has 0 radical (unpaired) electrons. The highest BCUT2D eigenvalue weighted by Crippen LogP contribution is 2.14. The largest absolute Gasteiger partial charge is 0.462 e. The Kier molecular flexibility index (Phi) is 53.9. The molecule has 69 heavy (non-hydrogen) atoms. The van der Waals surface area contributed by atoms with Crippen molar-refractivity contribution in [1.82, 2.24) is 0 Å². The van der Waals surface area contributed by atoms with Gasteiger partial charge in [0, 0.05) is 19.3 Å². The Morgan fingerprint density at radius 2 is 0.565 bits per heavy atom. The number of hydrogen-bond acceptors (Lipinski definition) is 6. The molecule has 0 aliphatic carbocycles. The molecule has 0 saturated heterocycles. The highest BCUT2D eigenvalue weighted by Gasteiger charge is 2.19. The topological polar surface area (TPSA) is 78.9 Å². The Bertz CT molecular complexity index is 1380. The van der Waals surface area contributed by atoms with Crippen molar-refractivity contribution in [3.8, 4) is 0 Å². The molecule has 1 unspecified atom stereocenters. The van der Waals surface area contributed by atoms with Gasteiger partial charge in [-0.25, -0.2) is 0 Å². The lowest BCUT2D eigenvalue weighted by Crippen LogP contribution is -2.30. The van der Waals surface area contributed by atoms with Gasteiger partial charge in [0.25, 0.3) is 0 Å². The first kappa shape index (κ1) is 65.3. The molecule has 0 heterocycles. The fourth-order valence-electron chi connectivity index (χ4n) is 7.73. The van der Waals surface area contributed by atoms with E-state index in [9.17, 15) is 14.4 Å². The van der Waals surface area contributed by atoms with E-state index in [1.165, 1.54) is 96.3 Å². The first-order chi connectivity index (χ1) is 34.0. The Morgan fingerprint density at radius 3 is 0.884 bits per heavy atom. The molecule has 0 bridgehead atoms. The third-order valence-electron chi connectivity index (χ3n) is 12.0. The van der Waals surface area contributed by atoms with Crippen LogP contribution in [0, 0.1) is 0 Å². The van der Waals surface area contributed by atoms with E-state index >= 15 is 0 Å². The summed E-state index contributed by atoms with van der Waals surface area (Å²) in [5.41, 5.74) is 0. The van der Waals surface area contributed by atoms with Crippen LogP contribution in [0.1, 0.15) is 265 Å². The quantitative estimate of drug-likeness (QED) is 0.0262. The van der Waals surface area contributed by atoms with Gasteiger partial charge in [0.1, 0.15) is 13.2 Å². The molecule has 0 aliphatic rings. The van der Waals surface area contributed by atoms with Crippen molar-refractivity contribution in [3.63, 3.8) is 0 Å². The maximum atomic E-state index is 12.9. The van der Waals surface area contributed by atoms with E-state index in [0.29, 0.717) is 19.3 Å². The normalized spacial score (nSPS) is 12.8. The minimum absolute atomic E-state index is 0.0939. The molecular formula is C63H106O6. The maximum absolute atomic E-state index is 12.9. The van der Waals surface area contributed by atoms with Gasteiger partial charge >= 0.3 is 17.9 Å². The van der Waals surface area contributed by atoms with Crippen molar-refractivity contribution in [2.75, 3.05) is 13.2 Å². The minimum atomic E-state index is -0.796. The van der Waals surface area contributed by atoms with E-state index in [2.05, 4.69) is 118 Å². The van der Waals surface area contributed by atoms with E-state index in [1.807, 2.05) is 0 Å². The van der Waals surface area contributed by atoms with E-state index in [0.717, 1.165) is 128 Å². The van der Waals surface area contributed by atoms with Crippen LogP contribution in [0.2, 0.25) is 0 Å². The summed E-state index contributed by atoms with van der Waals surface area (Å²) in [6.07, 6.45) is 75.3. The van der Waals surface area contributed by atoms with Crippen molar-refractivity contribution in [3.05, 3.63) is 97.2 Å². The van der Waals surface area contributed by atoms with Crippen molar-refractivity contribution < 1.29 is 28.6 Å². The SMILES string of the molecule is CC/C=C\C/C=C\C/C=C\CCCCCCCC(=O)OCC(COC(=O)CCCCCCCC/C=C\C/C=C\C/C=C\CCCCC)OC(=O)CCCCCCCCC/C=C\C/C=C\CCCCC. The van der Waals surface area contributed by atoms with E-state index < -0.39 is 6.10 Å². The highest BCUT2D eigenvalue weighted by atomic mass is 16.6. The molecule has 0 aromatic heterocycles. The fourth-order valence-corrected chi connectivity index (χ4v) is 7.73. The Balaban J connectivity index is 4.45. The second kappa shape index (κ2) is 56.9. The lowest BCUT2D eigenvalue weighted by Gasteiger charge is -2.18. The smallest absolute Gasteiger partial charge is 0.306 e. The number of carbonyl (C=O) groups excluding carboxylic acids is 3. The fraction of sp³-hybridized carbons (Fsp3) is 0.698. The summed E-state index contributed by atoms with van der Waals surface area (Å²) in [6.45, 7) is 6.45. The number of carbonyl (C=O) groups is 3. The van der Waals surface area contributed by atoms with Crippen LogP contribution < -0.4 is 0 Å². The molecule has 1 atom stereocenters. The van der Waals surface area contributed by atoms with Crippen molar-refractivity contribution in [2.45, 2.75) is 271 Å². The lowest BCUT2D eigenvalue weighted by molar-refractivity contribution is -0.167. The van der Waals surface area contributed by atoms with Crippen LogP contribution in [0.25, 0.3) is 0 Å². The van der Waals surface area contributed by atoms with Gasteiger partial charge in [0.05, 0.1) is 0 Å². The van der Waals surface area contributed by atoms with E-state index in [-0.39, 0.29) is 31.1 Å². The zero-order valence-corrected chi connectivity index (χ0v) is 45.0. The molecule has 0 saturated carbocycles. The molecule has 0 aliphatic heterocycles. The van der Waals surface area contributed by atoms with Gasteiger partial charge in [-0.15, -0.1) is 0 Å². The number of hydrogen-bond donors (Lipinski definition) is 0. The molecule has 394 valence electrons. The molecule has 0 aromatic rings. The van der Waals surface area contributed by atoms with Gasteiger partial charge in [0.2, 0.25) is 0 Å². The molecule has 6 nitrogen and oxygen atoms in total. The second-order valence-corrected chi connectivity index (χ2v) is 18.8. The molecule has 0 fully saturated rings. The summed E-state index contributed by atoms with van der Waals surface area (Å²) in [5.74, 6) is -0.927. The van der Waals surface area contributed by atoms with Crippen LogP contribution in [-0.2, 0) is 28.6 Å². The first-order valence-corrected chi connectivity index (χ1v) is 28.7. The zero-order chi connectivity index (χ0) is 50.0. The third-order valence-corrected chi connectivity index (χ3v) is 12.0. The van der Waals surface area contributed by atoms with Crippen LogP contribution in [0.5, 0.6) is 0 Å².